The number of carbonyl (C=O) groups is 1. The maximum atomic E-state index is 13.0. The molecule has 0 fully saturated rings. The van der Waals surface area contributed by atoms with Gasteiger partial charge in [0.05, 0.1) is 24.3 Å². The summed E-state index contributed by atoms with van der Waals surface area (Å²) in [6, 6.07) is 1.58. The lowest BCUT2D eigenvalue weighted by Gasteiger charge is -2.14. The fourth-order valence-corrected chi connectivity index (χ4v) is 1.82. The van der Waals surface area contributed by atoms with Crippen molar-refractivity contribution in [3.8, 4) is 0 Å². The van der Waals surface area contributed by atoms with Crippen LogP contribution < -0.4 is 11.1 Å². The van der Waals surface area contributed by atoms with Gasteiger partial charge in [0.25, 0.3) is 11.8 Å². The van der Waals surface area contributed by atoms with Crippen LogP contribution >= 0.6 is 24.8 Å². The minimum atomic E-state index is -3.11. The molecule has 0 unspecified atom stereocenters. The van der Waals surface area contributed by atoms with Crippen LogP contribution in [-0.4, -0.2) is 39.7 Å². The summed E-state index contributed by atoms with van der Waals surface area (Å²) in [5.41, 5.74) is 6.46. The molecule has 0 bridgehead atoms. The smallest absolute Gasteiger partial charge is 0.277 e. The highest BCUT2D eigenvalue weighted by atomic mass is 35.5. The number of nitrogens with two attached hydrogens (primary N) is 1. The number of alkyl halides is 2. The van der Waals surface area contributed by atoms with Crippen LogP contribution in [0.15, 0.2) is 12.3 Å². The van der Waals surface area contributed by atoms with Crippen molar-refractivity contribution < 1.29 is 13.6 Å². The van der Waals surface area contributed by atoms with Gasteiger partial charge in [-0.1, -0.05) is 0 Å². The number of hydrogen-bond acceptors (Lipinski definition) is 4. The number of nitrogens with zero attached hydrogens (tertiary/aromatic N) is 3. The van der Waals surface area contributed by atoms with E-state index in [0.29, 0.717) is 11.0 Å². The van der Waals surface area contributed by atoms with E-state index in [1.165, 1.54) is 6.20 Å². The number of halogens is 4. The Morgan fingerprint density at radius 3 is 2.68 bits per heavy atom. The van der Waals surface area contributed by atoms with Crippen molar-refractivity contribution in [2.45, 2.75) is 12.8 Å². The summed E-state index contributed by atoms with van der Waals surface area (Å²) in [7, 11) is 1.74. The molecule has 0 radical (unpaired) electrons. The number of fused-ring (bicyclic) bond motifs is 1. The van der Waals surface area contributed by atoms with E-state index in [4.69, 9.17) is 5.73 Å². The van der Waals surface area contributed by atoms with Crippen molar-refractivity contribution in [2.75, 3.05) is 13.1 Å². The van der Waals surface area contributed by atoms with Gasteiger partial charge < -0.3 is 11.1 Å². The van der Waals surface area contributed by atoms with Gasteiger partial charge in [0, 0.05) is 18.6 Å². The summed E-state index contributed by atoms with van der Waals surface area (Å²) in [4.78, 5) is 15.9. The van der Waals surface area contributed by atoms with Crippen molar-refractivity contribution in [1.29, 1.82) is 0 Å². The van der Waals surface area contributed by atoms with Gasteiger partial charge >= 0.3 is 0 Å². The van der Waals surface area contributed by atoms with Crippen molar-refractivity contribution in [2.24, 2.45) is 12.8 Å². The average molecular weight is 356 g/mol. The standard InChI is InChI=1S/C12H15F2N5O.2ClH/c1-7-9-3-8(4-16-10(9)19(2)18-7)11(20)17-6-12(13,14)5-15;;/h3-4H,5-6,15H2,1-2H3,(H,17,20);2*1H. The van der Waals surface area contributed by atoms with Gasteiger partial charge in [0.2, 0.25) is 0 Å². The number of aryl methyl sites for hydroxylation is 2. The zero-order valence-corrected chi connectivity index (χ0v) is 13.6. The minimum absolute atomic E-state index is 0. The molecule has 3 N–H and O–H groups in total. The molecule has 0 atom stereocenters. The van der Waals surface area contributed by atoms with Crippen LogP contribution in [0, 0.1) is 6.92 Å². The Hall–Kier alpha value is -1.51. The highest BCUT2D eigenvalue weighted by molar-refractivity contribution is 5.97. The number of carbonyl (C=O) groups excluding carboxylic acids is 1. The molecular formula is C12H17Cl2F2N5O. The quantitative estimate of drug-likeness (QED) is 0.868. The lowest BCUT2D eigenvalue weighted by atomic mass is 10.2. The Morgan fingerprint density at radius 1 is 1.45 bits per heavy atom. The second kappa shape index (κ2) is 7.66. The lowest BCUT2D eigenvalue weighted by Crippen LogP contribution is -2.41. The Kier molecular flexibility index (Phi) is 7.14. The Morgan fingerprint density at radius 2 is 2.09 bits per heavy atom. The number of nitrogens with one attached hydrogen (secondary N) is 1. The zero-order valence-electron chi connectivity index (χ0n) is 12.0. The summed E-state index contributed by atoms with van der Waals surface area (Å²) < 4.78 is 27.6. The number of rotatable bonds is 4. The SMILES string of the molecule is Cc1nn(C)c2ncc(C(=O)NCC(F)(F)CN)cc12.Cl.Cl. The van der Waals surface area contributed by atoms with Crippen molar-refractivity contribution in [3.05, 3.63) is 23.5 Å². The third-order valence-electron chi connectivity index (χ3n) is 2.93. The monoisotopic (exact) mass is 355 g/mol. The van der Waals surface area contributed by atoms with Crippen molar-refractivity contribution in [1.82, 2.24) is 20.1 Å². The highest BCUT2D eigenvalue weighted by Crippen LogP contribution is 2.16. The molecule has 0 saturated carbocycles. The zero-order chi connectivity index (χ0) is 14.9. The largest absolute Gasteiger partial charge is 0.346 e. The molecule has 0 spiro atoms. The van der Waals surface area contributed by atoms with Gasteiger partial charge in [-0.15, -0.1) is 24.8 Å². The van der Waals surface area contributed by atoms with Crippen molar-refractivity contribution >= 4 is 41.8 Å². The summed E-state index contributed by atoms with van der Waals surface area (Å²) in [6.45, 7) is 0.174. The van der Waals surface area contributed by atoms with Crippen LogP contribution in [0.5, 0.6) is 0 Å². The van der Waals surface area contributed by atoms with E-state index in [1.54, 1.807) is 24.7 Å². The molecule has 2 heterocycles. The van der Waals surface area contributed by atoms with Crippen LogP contribution in [0.25, 0.3) is 11.0 Å². The summed E-state index contributed by atoms with van der Waals surface area (Å²) in [5.74, 6) is -3.73. The summed E-state index contributed by atoms with van der Waals surface area (Å²) in [6.07, 6.45) is 1.33. The fraction of sp³-hybridized carbons (Fsp3) is 0.417. The topological polar surface area (TPSA) is 85.8 Å². The van der Waals surface area contributed by atoms with Gasteiger partial charge in [0.15, 0.2) is 5.65 Å². The van der Waals surface area contributed by atoms with Crippen LogP contribution in [0.1, 0.15) is 16.1 Å². The van der Waals surface area contributed by atoms with Gasteiger partial charge in [-0.2, -0.15) is 5.10 Å². The molecule has 2 aromatic rings. The van der Waals surface area contributed by atoms with E-state index in [2.05, 4.69) is 15.4 Å². The molecule has 6 nitrogen and oxygen atoms in total. The van der Waals surface area contributed by atoms with Crippen LogP contribution in [-0.2, 0) is 7.05 Å². The molecule has 0 aromatic carbocycles. The molecule has 10 heteroatoms. The first-order chi connectivity index (χ1) is 9.34. The van der Waals surface area contributed by atoms with Crippen molar-refractivity contribution in [3.63, 3.8) is 0 Å². The average Bonchev–Trinajstić information content (AvgIpc) is 2.71. The van der Waals surface area contributed by atoms with E-state index >= 15 is 0 Å². The first-order valence-corrected chi connectivity index (χ1v) is 5.99. The Labute approximate surface area is 138 Å². The molecule has 22 heavy (non-hydrogen) atoms. The molecule has 0 aliphatic heterocycles. The molecule has 0 saturated heterocycles. The summed E-state index contributed by atoms with van der Waals surface area (Å²) in [5, 5.41) is 7.03. The van der Waals surface area contributed by atoms with Crippen LogP contribution in [0.3, 0.4) is 0 Å². The predicted octanol–water partition coefficient (Wildman–Crippen LogP) is 1.44. The maximum Gasteiger partial charge on any atom is 0.277 e. The first-order valence-electron chi connectivity index (χ1n) is 5.99. The van der Waals surface area contributed by atoms with Gasteiger partial charge in [-0.3, -0.25) is 9.48 Å². The number of pyridine rings is 1. The van der Waals surface area contributed by atoms with E-state index in [0.717, 1.165) is 5.69 Å². The molecule has 124 valence electrons. The number of aromatic nitrogens is 3. The second-order valence-electron chi connectivity index (χ2n) is 4.55. The van der Waals surface area contributed by atoms with Gasteiger partial charge in [0.1, 0.15) is 0 Å². The number of amides is 1. The van der Waals surface area contributed by atoms with Crippen LogP contribution in [0.4, 0.5) is 8.78 Å². The molecule has 1 amide bonds. The third kappa shape index (κ3) is 4.25. The van der Waals surface area contributed by atoms with Crippen LogP contribution in [0.2, 0.25) is 0 Å². The molecule has 0 aliphatic carbocycles. The van der Waals surface area contributed by atoms with E-state index < -0.39 is 24.9 Å². The van der Waals surface area contributed by atoms with Gasteiger partial charge in [-0.25, -0.2) is 13.8 Å². The molecule has 2 aromatic heterocycles. The molecular weight excluding hydrogens is 339 g/mol. The highest BCUT2D eigenvalue weighted by Gasteiger charge is 2.27. The van der Waals surface area contributed by atoms with E-state index in [-0.39, 0.29) is 30.4 Å². The normalized spacial score (nSPS) is 10.8. The maximum absolute atomic E-state index is 13.0. The first kappa shape index (κ1) is 20.5. The second-order valence-corrected chi connectivity index (χ2v) is 4.55. The third-order valence-corrected chi connectivity index (χ3v) is 2.93. The lowest BCUT2D eigenvalue weighted by molar-refractivity contribution is 0.0118. The minimum Gasteiger partial charge on any atom is -0.346 e. The molecule has 0 aliphatic rings. The van der Waals surface area contributed by atoms with Gasteiger partial charge in [-0.05, 0) is 13.0 Å². The van der Waals surface area contributed by atoms with E-state index in [1.807, 2.05) is 0 Å². The van der Waals surface area contributed by atoms with E-state index in [9.17, 15) is 13.6 Å². The summed E-state index contributed by atoms with van der Waals surface area (Å²) >= 11 is 0. The Bertz CT molecular complexity index is 662. The fourth-order valence-electron chi connectivity index (χ4n) is 1.82. The number of hydrogen-bond donors (Lipinski definition) is 2. The molecule has 2 rings (SSSR count). The predicted molar refractivity (Wildman–Crippen MR) is 84.1 cm³/mol. The Balaban J connectivity index is 0.00000220.